The lowest BCUT2D eigenvalue weighted by Crippen LogP contribution is -2.26. The molecular formula is C17H20BrF3O2. The molecule has 6 heteroatoms. The molecule has 0 saturated heterocycles. The highest BCUT2D eigenvalue weighted by atomic mass is 79.9. The Morgan fingerprint density at radius 2 is 1.96 bits per heavy atom. The minimum atomic E-state index is -4.45. The van der Waals surface area contributed by atoms with Gasteiger partial charge < -0.3 is 9.53 Å². The van der Waals surface area contributed by atoms with Crippen molar-refractivity contribution < 1.29 is 22.7 Å². The second-order valence-electron chi connectivity index (χ2n) is 6.22. The fraction of sp³-hybridized carbons (Fsp3) is 0.588. The molecular weight excluding hydrogens is 373 g/mol. The Hall–Kier alpha value is -1.04. The lowest BCUT2D eigenvalue weighted by Gasteiger charge is -2.30. The van der Waals surface area contributed by atoms with E-state index in [1.54, 1.807) is 6.07 Å². The summed E-state index contributed by atoms with van der Waals surface area (Å²) in [6.07, 6.45) is 0.372. The molecule has 0 spiro atoms. The Bertz CT molecular complexity index is 537. The number of halogens is 4. The molecule has 1 fully saturated rings. The Morgan fingerprint density at radius 1 is 1.30 bits per heavy atom. The molecule has 0 aromatic heterocycles. The van der Waals surface area contributed by atoms with Crippen LogP contribution in [0.2, 0.25) is 0 Å². The van der Waals surface area contributed by atoms with Crippen molar-refractivity contribution in [2.75, 3.05) is 0 Å². The zero-order chi connectivity index (χ0) is 17.0. The normalized spacial score (nSPS) is 23.3. The summed E-state index contributed by atoms with van der Waals surface area (Å²) in [5, 5.41) is 0. The van der Waals surface area contributed by atoms with Gasteiger partial charge in [0.05, 0.1) is 6.10 Å². The van der Waals surface area contributed by atoms with Gasteiger partial charge in [-0.25, -0.2) is 0 Å². The summed E-state index contributed by atoms with van der Waals surface area (Å²) in [6, 6.07) is 4.29. The van der Waals surface area contributed by atoms with E-state index in [0.717, 1.165) is 38.4 Å². The highest BCUT2D eigenvalue weighted by molar-refractivity contribution is 9.10. The van der Waals surface area contributed by atoms with E-state index >= 15 is 0 Å². The summed E-state index contributed by atoms with van der Waals surface area (Å²) >= 11 is 2.96. The Balaban J connectivity index is 2.00. The highest BCUT2D eigenvalue weighted by Gasteiger charge is 2.37. The second-order valence-corrected chi connectivity index (χ2v) is 7.07. The van der Waals surface area contributed by atoms with Gasteiger partial charge in [-0.1, -0.05) is 28.9 Å². The van der Waals surface area contributed by atoms with Crippen LogP contribution in [0.1, 0.15) is 44.6 Å². The largest absolute Gasteiger partial charge is 0.490 e. The standard InChI is InChI=1S/C17H20BrF3O2/c1-11(10-22)9-12-5-7-13(8-6-12)23-15-4-2-3-14(18)16(15)17(19,20)21/h2-4,10-13H,5-9H2,1H3/t11-,12?,13?/m1/s1. The van der Waals surface area contributed by atoms with Crippen LogP contribution in [-0.2, 0) is 11.0 Å². The van der Waals surface area contributed by atoms with Gasteiger partial charge in [-0.2, -0.15) is 13.2 Å². The first kappa shape index (κ1) is 18.3. The second kappa shape index (κ2) is 7.69. The maximum Gasteiger partial charge on any atom is 0.421 e. The average Bonchev–Trinajstić information content (AvgIpc) is 2.48. The van der Waals surface area contributed by atoms with Gasteiger partial charge in [-0.3, -0.25) is 0 Å². The number of aldehydes is 1. The van der Waals surface area contributed by atoms with E-state index in [9.17, 15) is 18.0 Å². The first-order chi connectivity index (χ1) is 10.8. The molecule has 2 nitrogen and oxygen atoms in total. The molecule has 23 heavy (non-hydrogen) atoms. The van der Waals surface area contributed by atoms with Crippen molar-refractivity contribution in [1.29, 1.82) is 0 Å². The third kappa shape index (κ3) is 4.96. The lowest BCUT2D eigenvalue weighted by atomic mass is 9.82. The molecule has 0 amide bonds. The summed E-state index contributed by atoms with van der Waals surface area (Å²) < 4.78 is 45.1. The maximum atomic E-state index is 13.2. The molecule has 0 radical (unpaired) electrons. The van der Waals surface area contributed by atoms with Crippen LogP contribution in [0.25, 0.3) is 0 Å². The molecule has 0 heterocycles. The maximum absolute atomic E-state index is 13.2. The summed E-state index contributed by atoms with van der Waals surface area (Å²) in [6.45, 7) is 1.90. The molecule has 128 valence electrons. The highest BCUT2D eigenvalue weighted by Crippen LogP contribution is 2.42. The number of carbonyl (C=O) groups is 1. The quantitative estimate of drug-likeness (QED) is 0.606. The van der Waals surface area contributed by atoms with Crippen LogP contribution in [-0.4, -0.2) is 12.4 Å². The molecule has 1 aromatic rings. The van der Waals surface area contributed by atoms with Gasteiger partial charge >= 0.3 is 6.18 Å². The molecule has 0 bridgehead atoms. The van der Waals surface area contributed by atoms with Gasteiger partial charge in [-0.05, 0) is 50.2 Å². The van der Waals surface area contributed by atoms with Gasteiger partial charge in [0.2, 0.25) is 0 Å². The molecule has 0 N–H and O–H groups in total. The Labute approximate surface area is 142 Å². The first-order valence-corrected chi connectivity index (χ1v) is 8.58. The van der Waals surface area contributed by atoms with E-state index in [2.05, 4.69) is 15.9 Å². The number of hydrogen-bond donors (Lipinski definition) is 0. The van der Waals surface area contributed by atoms with E-state index in [0.29, 0.717) is 5.92 Å². The number of benzene rings is 1. The summed E-state index contributed by atoms with van der Waals surface area (Å²) in [5.41, 5.74) is -0.753. The number of carbonyl (C=O) groups excluding carboxylic acids is 1. The molecule has 1 aromatic carbocycles. The minimum absolute atomic E-state index is 0.00371. The zero-order valence-corrected chi connectivity index (χ0v) is 14.5. The predicted octanol–water partition coefficient (Wildman–Crippen LogP) is 5.63. The topological polar surface area (TPSA) is 26.3 Å². The molecule has 2 rings (SSSR count). The molecule has 1 aliphatic rings. The molecule has 1 saturated carbocycles. The van der Waals surface area contributed by atoms with Crippen LogP contribution < -0.4 is 4.74 Å². The van der Waals surface area contributed by atoms with Crippen molar-refractivity contribution in [2.24, 2.45) is 11.8 Å². The van der Waals surface area contributed by atoms with Crippen LogP contribution in [0, 0.1) is 11.8 Å². The van der Waals surface area contributed by atoms with Crippen molar-refractivity contribution in [1.82, 2.24) is 0 Å². The van der Waals surface area contributed by atoms with Gasteiger partial charge in [0.1, 0.15) is 17.6 Å². The number of rotatable bonds is 5. The van der Waals surface area contributed by atoms with Crippen molar-refractivity contribution in [3.05, 3.63) is 28.2 Å². The predicted molar refractivity (Wildman–Crippen MR) is 85.4 cm³/mol. The van der Waals surface area contributed by atoms with Gasteiger partial charge in [0, 0.05) is 10.4 Å². The first-order valence-electron chi connectivity index (χ1n) is 7.79. The van der Waals surface area contributed by atoms with E-state index in [4.69, 9.17) is 4.74 Å². The third-order valence-corrected chi connectivity index (χ3v) is 4.94. The molecule has 0 unspecified atom stereocenters. The summed E-state index contributed by atoms with van der Waals surface area (Å²) in [4.78, 5) is 10.7. The number of alkyl halides is 3. The lowest BCUT2D eigenvalue weighted by molar-refractivity contribution is -0.140. The summed E-state index contributed by atoms with van der Waals surface area (Å²) in [5.74, 6) is 0.385. The summed E-state index contributed by atoms with van der Waals surface area (Å²) in [7, 11) is 0. The van der Waals surface area contributed by atoms with E-state index in [1.165, 1.54) is 12.1 Å². The number of ether oxygens (including phenoxy) is 1. The monoisotopic (exact) mass is 392 g/mol. The van der Waals surface area contributed by atoms with Gasteiger partial charge in [0.25, 0.3) is 0 Å². The van der Waals surface area contributed by atoms with Crippen molar-refractivity contribution in [3.8, 4) is 5.75 Å². The smallest absolute Gasteiger partial charge is 0.421 e. The Morgan fingerprint density at radius 3 is 2.52 bits per heavy atom. The van der Waals surface area contributed by atoms with Crippen molar-refractivity contribution in [2.45, 2.75) is 51.3 Å². The van der Waals surface area contributed by atoms with Gasteiger partial charge in [0.15, 0.2) is 0 Å². The Kier molecular flexibility index (Phi) is 6.12. The fourth-order valence-electron chi connectivity index (χ4n) is 3.12. The number of hydrogen-bond acceptors (Lipinski definition) is 2. The van der Waals surface area contributed by atoms with Crippen LogP contribution in [0.3, 0.4) is 0 Å². The van der Waals surface area contributed by atoms with Crippen LogP contribution in [0.15, 0.2) is 22.7 Å². The van der Waals surface area contributed by atoms with E-state index < -0.39 is 11.7 Å². The average molecular weight is 393 g/mol. The van der Waals surface area contributed by atoms with Crippen LogP contribution in [0.5, 0.6) is 5.75 Å². The molecule has 1 atom stereocenters. The van der Waals surface area contributed by atoms with Crippen LogP contribution >= 0.6 is 15.9 Å². The van der Waals surface area contributed by atoms with Crippen molar-refractivity contribution in [3.63, 3.8) is 0 Å². The third-order valence-electron chi connectivity index (χ3n) is 4.28. The van der Waals surface area contributed by atoms with E-state index in [-0.39, 0.29) is 22.2 Å². The fourth-order valence-corrected chi connectivity index (χ4v) is 3.70. The minimum Gasteiger partial charge on any atom is -0.490 e. The zero-order valence-electron chi connectivity index (χ0n) is 12.9. The van der Waals surface area contributed by atoms with Crippen LogP contribution in [0.4, 0.5) is 13.2 Å². The van der Waals surface area contributed by atoms with E-state index in [1.807, 2.05) is 6.92 Å². The molecule has 0 aliphatic heterocycles. The van der Waals surface area contributed by atoms with Gasteiger partial charge in [-0.15, -0.1) is 0 Å². The molecule has 1 aliphatic carbocycles. The van der Waals surface area contributed by atoms with Crippen molar-refractivity contribution >= 4 is 22.2 Å². The SMILES string of the molecule is C[C@@H](C=O)CC1CCC(Oc2cccc(Br)c2C(F)(F)F)CC1.